The van der Waals surface area contributed by atoms with Crippen molar-refractivity contribution in [2.45, 2.75) is 19.8 Å². The smallest absolute Gasteiger partial charge is 0.262 e. The first-order valence-corrected chi connectivity index (χ1v) is 8.94. The number of amides is 3. The van der Waals surface area contributed by atoms with Crippen molar-refractivity contribution in [3.63, 3.8) is 0 Å². The minimum atomic E-state index is -0.538. The van der Waals surface area contributed by atoms with E-state index in [1.807, 2.05) is 24.3 Å². The summed E-state index contributed by atoms with van der Waals surface area (Å²) >= 11 is 5.20. The predicted octanol–water partition coefficient (Wildman–Crippen LogP) is 2.92. The molecule has 2 aromatic rings. The molecule has 0 aromatic heterocycles. The second-order valence-electron chi connectivity index (χ2n) is 6.49. The molecule has 0 fully saturated rings. The molecule has 3 rings (SSSR count). The highest BCUT2D eigenvalue weighted by molar-refractivity contribution is 7.80. The zero-order valence-electron chi connectivity index (χ0n) is 15.0. The molecule has 2 N–H and O–H groups in total. The number of hydrogen-bond donors (Lipinski definition) is 2. The molecule has 7 heteroatoms. The van der Waals surface area contributed by atoms with Crippen LogP contribution in [-0.2, 0) is 4.79 Å². The molecule has 0 spiro atoms. The molecule has 2 aromatic carbocycles. The van der Waals surface area contributed by atoms with E-state index in [9.17, 15) is 14.4 Å². The van der Waals surface area contributed by atoms with Crippen molar-refractivity contribution in [1.29, 1.82) is 0 Å². The topological polar surface area (TPSA) is 78.5 Å². The third kappa shape index (κ3) is 3.88. The van der Waals surface area contributed by atoms with Gasteiger partial charge in [-0.05, 0) is 41.9 Å². The first-order valence-electron chi connectivity index (χ1n) is 8.53. The number of carbonyl (C=O) groups is 3. The fourth-order valence-corrected chi connectivity index (χ4v) is 3.18. The molecule has 0 radical (unpaired) electrons. The van der Waals surface area contributed by atoms with Crippen LogP contribution < -0.4 is 10.6 Å². The van der Waals surface area contributed by atoms with Crippen LogP contribution in [0.3, 0.4) is 0 Å². The average Bonchev–Trinajstić information content (AvgIpc) is 2.87. The van der Waals surface area contributed by atoms with Crippen molar-refractivity contribution >= 4 is 40.7 Å². The van der Waals surface area contributed by atoms with E-state index in [2.05, 4.69) is 24.5 Å². The van der Waals surface area contributed by atoms with Gasteiger partial charge in [0.25, 0.3) is 11.8 Å². The summed E-state index contributed by atoms with van der Waals surface area (Å²) in [6.07, 6.45) is 0. The van der Waals surface area contributed by atoms with Gasteiger partial charge in [-0.3, -0.25) is 19.3 Å². The van der Waals surface area contributed by atoms with Crippen molar-refractivity contribution in [1.82, 2.24) is 10.2 Å². The maximum absolute atomic E-state index is 12.3. The highest BCUT2D eigenvalue weighted by Crippen LogP contribution is 2.24. The van der Waals surface area contributed by atoms with Crippen LogP contribution in [0.4, 0.5) is 5.69 Å². The molecule has 0 saturated heterocycles. The fraction of sp³-hybridized carbons (Fsp3) is 0.200. The number of rotatable bonds is 4. The molecular formula is C20H19N3O3S. The number of carbonyl (C=O) groups excluding carboxylic acids is 3. The zero-order chi connectivity index (χ0) is 19.6. The molecule has 1 heterocycles. The first-order chi connectivity index (χ1) is 12.9. The van der Waals surface area contributed by atoms with Crippen LogP contribution in [0.1, 0.15) is 46.0 Å². The number of benzene rings is 2. The van der Waals surface area contributed by atoms with Gasteiger partial charge in [0.1, 0.15) is 6.54 Å². The quantitative estimate of drug-likeness (QED) is 0.629. The molecule has 3 amide bonds. The predicted molar refractivity (Wildman–Crippen MR) is 107 cm³/mol. The molecule has 0 atom stereocenters. The van der Waals surface area contributed by atoms with Crippen LogP contribution >= 0.6 is 12.2 Å². The molecule has 6 nitrogen and oxygen atoms in total. The lowest BCUT2D eigenvalue weighted by atomic mass is 10.0. The Hall–Kier alpha value is -3.06. The van der Waals surface area contributed by atoms with Crippen LogP contribution in [0, 0.1) is 0 Å². The van der Waals surface area contributed by atoms with Crippen LogP contribution in [0.2, 0.25) is 0 Å². The minimum absolute atomic E-state index is 0.115. The van der Waals surface area contributed by atoms with Crippen LogP contribution in [0.25, 0.3) is 0 Å². The number of para-hydroxylation sites is 1. The van der Waals surface area contributed by atoms with Gasteiger partial charge in [0.15, 0.2) is 5.11 Å². The molecule has 138 valence electrons. The second kappa shape index (κ2) is 7.67. The van der Waals surface area contributed by atoms with Crippen molar-refractivity contribution in [2.75, 3.05) is 11.9 Å². The summed E-state index contributed by atoms with van der Waals surface area (Å²) in [6.45, 7) is 3.73. The van der Waals surface area contributed by atoms with Gasteiger partial charge >= 0.3 is 0 Å². The van der Waals surface area contributed by atoms with Crippen LogP contribution in [0.15, 0.2) is 48.5 Å². The third-order valence-electron chi connectivity index (χ3n) is 4.26. The van der Waals surface area contributed by atoms with Crippen LogP contribution in [-0.4, -0.2) is 34.3 Å². The van der Waals surface area contributed by atoms with Crippen molar-refractivity contribution in [3.8, 4) is 0 Å². The number of thiocarbonyl (C=S) groups is 1. The number of hydrogen-bond acceptors (Lipinski definition) is 4. The van der Waals surface area contributed by atoms with Crippen molar-refractivity contribution < 1.29 is 14.4 Å². The summed E-state index contributed by atoms with van der Waals surface area (Å²) in [5.41, 5.74) is 2.48. The maximum atomic E-state index is 12.3. The average molecular weight is 381 g/mol. The van der Waals surface area contributed by atoms with Gasteiger partial charge < -0.3 is 10.6 Å². The number of nitrogens with zero attached hydrogens (tertiary/aromatic N) is 1. The largest absolute Gasteiger partial charge is 0.332 e. The van der Waals surface area contributed by atoms with E-state index < -0.39 is 17.7 Å². The Morgan fingerprint density at radius 2 is 1.56 bits per heavy atom. The number of fused-ring (bicyclic) bond motifs is 1. The van der Waals surface area contributed by atoms with E-state index in [0.717, 1.165) is 16.2 Å². The highest BCUT2D eigenvalue weighted by atomic mass is 32.1. The van der Waals surface area contributed by atoms with Gasteiger partial charge in [-0.1, -0.05) is 44.2 Å². The Morgan fingerprint density at radius 3 is 2.15 bits per heavy atom. The van der Waals surface area contributed by atoms with Crippen molar-refractivity contribution in [3.05, 3.63) is 65.2 Å². The lowest BCUT2D eigenvalue weighted by molar-refractivity contribution is -0.120. The van der Waals surface area contributed by atoms with Gasteiger partial charge in [0.05, 0.1) is 11.1 Å². The van der Waals surface area contributed by atoms with Gasteiger partial charge in [0.2, 0.25) is 5.91 Å². The lowest BCUT2D eigenvalue weighted by Crippen LogP contribution is -2.43. The Balaban J connectivity index is 1.63. The summed E-state index contributed by atoms with van der Waals surface area (Å²) in [4.78, 5) is 37.8. The van der Waals surface area contributed by atoms with E-state index >= 15 is 0 Å². The van der Waals surface area contributed by atoms with Gasteiger partial charge in [-0.15, -0.1) is 0 Å². The van der Waals surface area contributed by atoms with Gasteiger partial charge in [-0.25, -0.2) is 0 Å². The summed E-state index contributed by atoms with van der Waals surface area (Å²) in [5, 5.41) is 5.64. The number of nitrogens with one attached hydrogen (secondary N) is 2. The molecule has 0 bridgehead atoms. The Labute approximate surface area is 162 Å². The fourth-order valence-electron chi connectivity index (χ4n) is 2.96. The Kier molecular flexibility index (Phi) is 5.32. The van der Waals surface area contributed by atoms with Crippen LogP contribution in [0.5, 0.6) is 0 Å². The van der Waals surface area contributed by atoms with E-state index in [-0.39, 0.29) is 17.6 Å². The molecule has 1 aliphatic rings. The van der Waals surface area contributed by atoms with Gasteiger partial charge in [0, 0.05) is 5.69 Å². The Morgan fingerprint density at radius 1 is 1.00 bits per heavy atom. The summed E-state index contributed by atoms with van der Waals surface area (Å²) in [7, 11) is 0. The summed E-state index contributed by atoms with van der Waals surface area (Å²) in [6, 6.07) is 14.2. The van der Waals surface area contributed by atoms with E-state index in [4.69, 9.17) is 12.2 Å². The maximum Gasteiger partial charge on any atom is 0.262 e. The minimum Gasteiger partial charge on any atom is -0.332 e. The second-order valence-corrected chi connectivity index (χ2v) is 6.89. The molecule has 1 aliphatic heterocycles. The van der Waals surface area contributed by atoms with E-state index in [0.29, 0.717) is 11.1 Å². The molecule has 0 saturated carbocycles. The Bertz CT molecular complexity index is 905. The molecule has 27 heavy (non-hydrogen) atoms. The first kappa shape index (κ1) is 18.7. The number of anilines is 1. The van der Waals surface area contributed by atoms with E-state index in [1.54, 1.807) is 24.3 Å². The zero-order valence-corrected chi connectivity index (χ0v) is 15.8. The summed E-state index contributed by atoms with van der Waals surface area (Å²) < 4.78 is 0. The number of imide groups is 1. The highest BCUT2D eigenvalue weighted by Gasteiger charge is 2.36. The standard InChI is InChI=1S/C20H19N3O3S/c1-12(2)13-7-5-6-10-16(13)21-20(27)22-17(24)11-23-18(25)14-8-3-4-9-15(14)19(23)26/h3-10,12H,11H2,1-2H3,(H2,21,22,24,27). The normalized spacial score (nSPS) is 12.9. The molecule has 0 aliphatic carbocycles. The van der Waals surface area contributed by atoms with Crippen molar-refractivity contribution in [2.24, 2.45) is 0 Å². The molecule has 0 unspecified atom stereocenters. The summed E-state index contributed by atoms with van der Waals surface area (Å²) in [5.74, 6) is -1.21. The van der Waals surface area contributed by atoms with E-state index in [1.165, 1.54) is 0 Å². The monoisotopic (exact) mass is 381 g/mol. The molecular weight excluding hydrogens is 362 g/mol. The lowest BCUT2D eigenvalue weighted by Gasteiger charge is -2.17. The SMILES string of the molecule is CC(C)c1ccccc1NC(=S)NC(=O)CN1C(=O)c2ccccc2C1=O. The van der Waals surface area contributed by atoms with Gasteiger partial charge in [-0.2, -0.15) is 0 Å². The third-order valence-corrected chi connectivity index (χ3v) is 4.47.